The van der Waals surface area contributed by atoms with Crippen molar-refractivity contribution in [3.8, 4) is 5.75 Å². The molecule has 0 radical (unpaired) electrons. The van der Waals surface area contributed by atoms with Crippen molar-refractivity contribution in [1.29, 1.82) is 0 Å². The molecule has 0 fully saturated rings. The van der Waals surface area contributed by atoms with Crippen LogP contribution in [0.5, 0.6) is 5.75 Å². The molecule has 1 aromatic heterocycles. The van der Waals surface area contributed by atoms with E-state index in [0.717, 1.165) is 33.3 Å². The minimum atomic E-state index is -1.12. The SMILES string of the molecule is Cn1cc(C[C@@H](NC(=O)OCc2ccc(COc3ccccc3)cc2)C(=O)O)c2ccccc21. The van der Waals surface area contributed by atoms with Gasteiger partial charge in [-0.05, 0) is 34.9 Å². The maximum Gasteiger partial charge on any atom is 0.408 e. The summed E-state index contributed by atoms with van der Waals surface area (Å²) in [6.07, 6.45) is 1.27. The average Bonchev–Trinajstić information content (AvgIpc) is 3.17. The molecule has 0 spiro atoms. The van der Waals surface area contributed by atoms with Crippen LogP contribution in [0.3, 0.4) is 0 Å². The number of nitrogens with one attached hydrogen (secondary N) is 1. The van der Waals surface area contributed by atoms with Crippen LogP contribution in [0.25, 0.3) is 10.9 Å². The van der Waals surface area contributed by atoms with Gasteiger partial charge in [0.15, 0.2) is 0 Å². The number of carboxylic acids is 1. The molecule has 1 heterocycles. The lowest BCUT2D eigenvalue weighted by molar-refractivity contribution is -0.139. The molecular weight excluding hydrogens is 432 g/mol. The molecule has 174 valence electrons. The summed E-state index contributed by atoms with van der Waals surface area (Å²) in [4.78, 5) is 24.1. The number of carboxylic acid groups (broad SMARTS) is 1. The Kier molecular flexibility index (Phi) is 7.13. The van der Waals surface area contributed by atoms with E-state index in [9.17, 15) is 14.7 Å². The molecular formula is C27H26N2O5. The van der Waals surface area contributed by atoms with E-state index in [1.165, 1.54) is 0 Å². The number of carbonyl (C=O) groups excluding carboxylic acids is 1. The normalized spacial score (nSPS) is 11.7. The molecule has 1 atom stereocenters. The zero-order chi connectivity index (χ0) is 23.9. The second-order valence-corrected chi connectivity index (χ2v) is 8.02. The summed E-state index contributed by atoms with van der Waals surface area (Å²) in [7, 11) is 1.91. The van der Waals surface area contributed by atoms with Gasteiger partial charge in [0.05, 0.1) is 0 Å². The van der Waals surface area contributed by atoms with Crippen molar-refractivity contribution in [2.75, 3.05) is 0 Å². The average molecular weight is 459 g/mol. The van der Waals surface area contributed by atoms with Gasteiger partial charge < -0.3 is 24.5 Å². The first-order valence-electron chi connectivity index (χ1n) is 10.9. The van der Waals surface area contributed by atoms with Crippen LogP contribution >= 0.6 is 0 Å². The molecule has 0 aliphatic rings. The summed E-state index contributed by atoms with van der Waals surface area (Å²) in [6.45, 7) is 0.465. The third kappa shape index (κ3) is 5.75. The van der Waals surface area contributed by atoms with Crippen molar-refractivity contribution in [2.45, 2.75) is 25.7 Å². The van der Waals surface area contributed by atoms with Gasteiger partial charge in [0.25, 0.3) is 0 Å². The standard InChI is InChI=1S/C27H26N2O5/c1-29-16-21(23-9-5-6-10-25(23)29)15-24(26(30)31)28-27(32)34-18-20-13-11-19(12-14-20)17-33-22-7-3-2-4-8-22/h2-14,16,24H,15,17-18H2,1H3,(H,28,32)(H,30,31)/t24-/m1/s1. The Bertz CT molecular complexity index is 1270. The lowest BCUT2D eigenvalue weighted by Gasteiger charge is -2.14. The van der Waals surface area contributed by atoms with Gasteiger partial charge in [0.1, 0.15) is 25.0 Å². The molecule has 3 aromatic carbocycles. The minimum Gasteiger partial charge on any atom is -0.489 e. The Balaban J connectivity index is 1.30. The predicted octanol–water partition coefficient (Wildman–Crippen LogP) is 4.68. The molecule has 0 aliphatic heterocycles. The highest BCUT2D eigenvalue weighted by molar-refractivity contribution is 5.86. The number of fused-ring (bicyclic) bond motifs is 1. The van der Waals surface area contributed by atoms with Gasteiger partial charge in [-0.25, -0.2) is 9.59 Å². The van der Waals surface area contributed by atoms with Crippen LogP contribution in [0.15, 0.2) is 85.1 Å². The lowest BCUT2D eigenvalue weighted by atomic mass is 10.1. The number of para-hydroxylation sites is 2. The molecule has 4 aromatic rings. The summed E-state index contributed by atoms with van der Waals surface area (Å²) in [6, 6.07) is 23.7. The number of aliphatic carboxylic acids is 1. The van der Waals surface area contributed by atoms with Crippen molar-refractivity contribution in [3.63, 3.8) is 0 Å². The van der Waals surface area contributed by atoms with E-state index in [0.29, 0.717) is 6.61 Å². The van der Waals surface area contributed by atoms with Gasteiger partial charge in [0, 0.05) is 30.6 Å². The topological polar surface area (TPSA) is 89.8 Å². The largest absolute Gasteiger partial charge is 0.489 e. The number of rotatable bonds is 9. The van der Waals surface area contributed by atoms with E-state index in [1.807, 2.05) is 96.7 Å². The number of hydrogen-bond donors (Lipinski definition) is 2. The van der Waals surface area contributed by atoms with Crippen molar-refractivity contribution in [3.05, 3.63) is 102 Å². The summed E-state index contributed by atoms with van der Waals surface area (Å²) >= 11 is 0. The fourth-order valence-corrected chi connectivity index (χ4v) is 3.76. The second-order valence-electron chi connectivity index (χ2n) is 8.02. The van der Waals surface area contributed by atoms with E-state index in [1.54, 1.807) is 0 Å². The van der Waals surface area contributed by atoms with Crippen LogP contribution < -0.4 is 10.1 Å². The van der Waals surface area contributed by atoms with Crippen molar-refractivity contribution >= 4 is 23.0 Å². The van der Waals surface area contributed by atoms with Gasteiger partial charge in [-0.15, -0.1) is 0 Å². The first-order chi connectivity index (χ1) is 16.5. The van der Waals surface area contributed by atoms with E-state index in [4.69, 9.17) is 9.47 Å². The third-order valence-corrected chi connectivity index (χ3v) is 5.54. The monoisotopic (exact) mass is 458 g/mol. The summed E-state index contributed by atoms with van der Waals surface area (Å²) in [5.41, 5.74) is 3.62. The molecule has 7 heteroatoms. The Morgan fingerprint density at radius 1 is 0.912 bits per heavy atom. The quantitative estimate of drug-likeness (QED) is 0.380. The molecule has 0 saturated heterocycles. The number of benzene rings is 3. The fraction of sp³-hybridized carbons (Fsp3) is 0.185. The van der Waals surface area contributed by atoms with E-state index in [2.05, 4.69) is 5.32 Å². The number of ether oxygens (including phenoxy) is 2. The zero-order valence-corrected chi connectivity index (χ0v) is 18.8. The highest BCUT2D eigenvalue weighted by atomic mass is 16.5. The maximum absolute atomic E-state index is 12.3. The van der Waals surface area contributed by atoms with Crippen LogP contribution in [0.2, 0.25) is 0 Å². The second kappa shape index (κ2) is 10.6. The molecule has 0 unspecified atom stereocenters. The molecule has 7 nitrogen and oxygen atoms in total. The van der Waals surface area contributed by atoms with Gasteiger partial charge in [-0.2, -0.15) is 0 Å². The van der Waals surface area contributed by atoms with Crippen LogP contribution in [0.4, 0.5) is 4.79 Å². The molecule has 34 heavy (non-hydrogen) atoms. The molecule has 1 amide bonds. The van der Waals surface area contributed by atoms with Gasteiger partial charge in [-0.1, -0.05) is 60.7 Å². The van der Waals surface area contributed by atoms with Gasteiger partial charge >= 0.3 is 12.1 Å². The number of aryl methyl sites for hydroxylation is 1. The van der Waals surface area contributed by atoms with E-state index >= 15 is 0 Å². The molecule has 0 bridgehead atoms. The zero-order valence-electron chi connectivity index (χ0n) is 18.8. The van der Waals surface area contributed by atoms with Crippen molar-refractivity contribution < 1.29 is 24.2 Å². The third-order valence-electron chi connectivity index (χ3n) is 5.54. The fourth-order valence-electron chi connectivity index (χ4n) is 3.76. The van der Waals surface area contributed by atoms with Crippen LogP contribution in [0, 0.1) is 0 Å². The molecule has 0 saturated carbocycles. The van der Waals surface area contributed by atoms with Crippen molar-refractivity contribution in [1.82, 2.24) is 9.88 Å². The molecule has 0 aliphatic carbocycles. The van der Waals surface area contributed by atoms with Crippen LogP contribution in [-0.4, -0.2) is 27.8 Å². The van der Waals surface area contributed by atoms with Gasteiger partial charge in [-0.3, -0.25) is 0 Å². The van der Waals surface area contributed by atoms with E-state index in [-0.39, 0.29) is 13.0 Å². The number of hydrogen-bond acceptors (Lipinski definition) is 4. The number of carbonyl (C=O) groups is 2. The van der Waals surface area contributed by atoms with E-state index < -0.39 is 18.1 Å². The lowest BCUT2D eigenvalue weighted by Crippen LogP contribution is -2.42. The summed E-state index contributed by atoms with van der Waals surface area (Å²) < 4.78 is 12.9. The Hall–Kier alpha value is -4.26. The van der Waals surface area contributed by atoms with Crippen LogP contribution in [-0.2, 0) is 36.2 Å². The number of alkyl carbamates (subject to hydrolysis) is 1. The minimum absolute atomic E-state index is 0.0340. The number of aromatic nitrogens is 1. The Morgan fingerprint density at radius 3 is 2.26 bits per heavy atom. The van der Waals surface area contributed by atoms with Gasteiger partial charge in [0.2, 0.25) is 0 Å². The number of nitrogens with zero attached hydrogens (tertiary/aromatic N) is 1. The maximum atomic E-state index is 12.3. The first kappa shape index (κ1) is 22.9. The highest BCUT2D eigenvalue weighted by Gasteiger charge is 2.23. The summed E-state index contributed by atoms with van der Waals surface area (Å²) in [5.74, 6) is -0.323. The molecule has 2 N–H and O–H groups in total. The Morgan fingerprint density at radius 2 is 1.56 bits per heavy atom. The highest BCUT2D eigenvalue weighted by Crippen LogP contribution is 2.21. The molecule has 4 rings (SSSR count). The predicted molar refractivity (Wildman–Crippen MR) is 129 cm³/mol. The number of amides is 1. The summed E-state index contributed by atoms with van der Waals surface area (Å²) in [5, 5.41) is 13.1. The van der Waals surface area contributed by atoms with Crippen molar-refractivity contribution in [2.24, 2.45) is 7.05 Å². The van der Waals surface area contributed by atoms with Crippen LogP contribution in [0.1, 0.15) is 16.7 Å². The smallest absolute Gasteiger partial charge is 0.408 e. The first-order valence-corrected chi connectivity index (χ1v) is 10.9. The Labute approximate surface area is 197 Å².